The molecule has 1 aliphatic heterocycles. The van der Waals surface area contributed by atoms with Gasteiger partial charge in [-0.1, -0.05) is 22.0 Å². The highest BCUT2D eigenvalue weighted by Gasteiger charge is 2.17. The average molecular weight is 364 g/mol. The van der Waals surface area contributed by atoms with E-state index in [-0.39, 0.29) is 24.5 Å². The number of hydrogen-bond acceptors (Lipinski definition) is 4. The summed E-state index contributed by atoms with van der Waals surface area (Å²) in [5.41, 5.74) is 0.572. The number of esters is 1. The maximum Gasteiger partial charge on any atom is 0.338 e. The second-order valence-corrected chi connectivity index (χ2v) is 5.55. The van der Waals surface area contributed by atoms with Gasteiger partial charge in [-0.25, -0.2) is 4.79 Å². The van der Waals surface area contributed by atoms with Gasteiger partial charge in [0.1, 0.15) is 6.10 Å². The second-order valence-electron chi connectivity index (χ2n) is 4.64. The Morgan fingerprint density at radius 3 is 2.80 bits per heavy atom. The molecule has 1 aromatic carbocycles. The Hall–Kier alpha value is -0.620. The van der Waals surface area contributed by atoms with Crippen LogP contribution in [0.1, 0.15) is 17.3 Å². The molecule has 112 valence electrons. The van der Waals surface area contributed by atoms with E-state index in [1.807, 2.05) is 19.1 Å². The van der Waals surface area contributed by atoms with Crippen molar-refractivity contribution in [2.45, 2.75) is 13.0 Å². The molecule has 2 rings (SSSR count). The van der Waals surface area contributed by atoms with Gasteiger partial charge >= 0.3 is 5.97 Å². The molecule has 1 unspecified atom stereocenters. The largest absolute Gasteiger partial charge is 1.00 e. The molecule has 1 fully saturated rings. The number of carbonyl (C=O) groups excluding carboxylic acids is 1. The summed E-state index contributed by atoms with van der Waals surface area (Å²) in [6.45, 7) is 5.99. The molecule has 1 saturated heterocycles. The zero-order chi connectivity index (χ0) is 13.7. The number of hydrogen-bond donors (Lipinski definition) is 0. The fourth-order valence-electron chi connectivity index (χ4n) is 2.05. The lowest BCUT2D eigenvalue weighted by molar-refractivity contribution is -0.000648. The van der Waals surface area contributed by atoms with Crippen LogP contribution >= 0.6 is 15.9 Å². The van der Waals surface area contributed by atoms with Gasteiger partial charge in [0.15, 0.2) is 0 Å². The van der Waals surface area contributed by atoms with Gasteiger partial charge in [0.05, 0.1) is 18.8 Å². The van der Waals surface area contributed by atoms with Crippen LogP contribution in [0.2, 0.25) is 0 Å². The lowest BCUT2D eigenvalue weighted by Crippen LogP contribution is -3.00. The predicted octanol–water partition coefficient (Wildman–Crippen LogP) is -0.669. The van der Waals surface area contributed by atoms with E-state index in [2.05, 4.69) is 20.8 Å². The maximum atomic E-state index is 12.0. The summed E-state index contributed by atoms with van der Waals surface area (Å²) in [5.74, 6) is -0.276. The Balaban J connectivity index is 0.00000200. The zero-order valence-corrected chi connectivity index (χ0v) is 13.7. The van der Waals surface area contributed by atoms with Crippen LogP contribution in [0, 0.1) is 0 Å². The van der Waals surface area contributed by atoms with Gasteiger partial charge in [0.25, 0.3) is 0 Å². The van der Waals surface area contributed by atoms with Crippen molar-refractivity contribution >= 4 is 21.9 Å². The van der Waals surface area contributed by atoms with Crippen LogP contribution in [-0.4, -0.2) is 49.8 Å². The van der Waals surface area contributed by atoms with Crippen LogP contribution in [-0.2, 0) is 9.47 Å². The Bertz CT molecular complexity index is 438. The highest BCUT2D eigenvalue weighted by Crippen LogP contribution is 2.13. The Kier molecular flexibility index (Phi) is 7.51. The monoisotopic (exact) mass is 362 g/mol. The van der Waals surface area contributed by atoms with Gasteiger partial charge in [-0.2, -0.15) is 0 Å². The SMILES string of the molecule is CC(CN1CCOCC1)OC(=O)c1cccc(Br)c1.[Cl-]. The van der Waals surface area contributed by atoms with Crippen LogP contribution < -0.4 is 12.4 Å². The smallest absolute Gasteiger partial charge is 0.338 e. The first-order chi connectivity index (χ1) is 9.15. The molecule has 0 bridgehead atoms. The van der Waals surface area contributed by atoms with E-state index in [9.17, 15) is 4.79 Å². The Morgan fingerprint density at radius 1 is 1.45 bits per heavy atom. The number of nitrogens with zero attached hydrogens (tertiary/aromatic N) is 1. The van der Waals surface area contributed by atoms with Gasteiger partial charge in [-0.3, -0.25) is 4.90 Å². The number of benzene rings is 1. The minimum Gasteiger partial charge on any atom is -1.00 e. The minimum absolute atomic E-state index is 0. The molecule has 0 spiro atoms. The van der Waals surface area contributed by atoms with Gasteiger partial charge in [-0.15, -0.1) is 0 Å². The average Bonchev–Trinajstić information content (AvgIpc) is 2.39. The molecule has 0 N–H and O–H groups in total. The molecule has 1 aliphatic rings. The first kappa shape index (κ1) is 17.4. The van der Waals surface area contributed by atoms with Crippen molar-refractivity contribution in [1.29, 1.82) is 0 Å². The normalized spacial score (nSPS) is 17.1. The van der Waals surface area contributed by atoms with E-state index >= 15 is 0 Å². The van der Waals surface area contributed by atoms with E-state index in [1.54, 1.807) is 12.1 Å². The van der Waals surface area contributed by atoms with Crippen molar-refractivity contribution in [2.24, 2.45) is 0 Å². The predicted molar refractivity (Wildman–Crippen MR) is 76.3 cm³/mol. The van der Waals surface area contributed by atoms with Crippen molar-refractivity contribution in [3.05, 3.63) is 34.3 Å². The third-order valence-electron chi connectivity index (χ3n) is 2.99. The summed E-state index contributed by atoms with van der Waals surface area (Å²) < 4.78 is 11.6. The van der Waals surface area contributed by atoms with Crippen molar-refractivity contribution in [3.8, 4) is 0 Å². The van der Waals surface area contributed by atoms with Crippen LogP contribution in [0.3, 0.4) is 0 Å². The summed E-state index contributed by atoms with van der Waals surface area (Å²) in [5, 5.41) is 0. The molecule has 0 saturated carbocycles. The minimum atomic E-state index is -0.276. The fraction of sp³-hybridized carbons (Fsp3) is 0.500. The van der Waals surface area contributed by atoms with Crippen LogP contribution in [0.5, 0.6) is 0 Å². The summed E-state index contributed by atoms with van der Waals surface area (Å²) in [7, 11) is 0. The van der Waals surface area contributed by atoms with Crippen molar-refractivity contribution < 1.29 is 26.7 Å². The summed E-state index contributed by atoms with van der Waals surface area (Å²) in [6, 6.07) is 7.24. The number of ether oxygens (including phenoxy) is 2. The van der Waals surface area contributed by atoms with Crippen molar-refractivity contribution in [3.63, 3.8) is 0 Å². The van der Waals surface area contributed by atoms with Crippen LogP contribution in [0.25, 0.3) is 0 Å². The van der Waals surface area contributed by atoms with E-state index in [4.69, 9.17) is 9.47 Å². The molecule has 0 amide bonds. The van der Waals surface area contributed by atoms with Gasteiger partial charge in [-0.05, 0) is 25.1 Å². The molecule has 0 radical (unpaired) electrons. The molecule has 6 heteroatoms. The fourth-order valence-corrected chi connectivity index (χ4v) is 2.45. The summed E-state index contributed by atoms with van der Waals surface area (Å²) in [4.78, 5) is 14.2. The molecular weight excluding hydrogens is 346 g/mol. The highest BCUT2D eigenvalue weighted by atomic mass is 79.9. The van der Waals surface area contributed by atoms with Gasteiger partial charge < -0.3 is 21.9 Å². The number of morpholine rings is 1. The Labute approximate surface area is 134 Å². The third-order valence-corrected chi connectivity index (χ3v) is 3.48. The van der Waals surface area contributed by atoms with E-state index < -0.39 is 0 Å². The first-order valence-corrected chi connectivity index (χ1v) is 7.21. The van der Waals surface area contributed by atoms with E-state index in [1.165, 1.54) is 0 Å². The summed E-state index contributed by atoms with van der Waals surface area (Å²) in [6.07, 6.45) is -0.121. The Morgan fingerprint density at radius 2 is 2.15 bits per heavy atom. The summed E-state index contributed by atoms with van der Waals surface area (Å²) >= 11 is 3.35. The quantitative estimate of drug-likeness (QED) is 0.665. The second kappa shape index (κ2) is 8.62. The zero-order valence-electron chi connectivity index (χ0n) is 11.4. The molecular formula is C14H18BrClNO3-. The molecule has 0 aliphatic carbocycles. The third kappa shape index (κ3) is 5.40. The molecule has 20 heavy (non-hydrogen) atoms. The van der Waals surface area contributed by atoms with Crippen LogP contribution in [0.4, 0.5) is 0 Å². The number of rotatable bonds is 4. The number of halogens is 2. The number of carbonyl (C=O) groups is 1. The topological polar surface area (TPSA) is 38.8 Å². The van der Waals surface area contributed by atoms with Gasteiger partial charge in [0, 0.05) is 24.1 Å². The van der Waals surface area contributed by atoms with Gasteiger partial charge in [0.2, 0.25) is 0 Å². The molecule has 1 aromatic rings. The van der Waals surface area contributed by atoms with E-state index in [0.29, 0.717) is 5.56 Å². The molecule has 4 nitrogen and oxygen atoms in total. The maximum absolute atomic E-state index is 12.0. The lowest BCUT2D eigenvalue weighted by atomic mass is 10.2. The van der Waals surface area contributed by atoms with Crippen molar-refractivity contribution in [1.82, 2.24) is 4.90 Å². The molecule has 0 aromatic heterocycles. The van der Waals surface area contributed by atoms with E-state index in [0.717, 1.165) is 37.3 Å². The molecule has 1 atom stereocenters. The lowest BCUT2D eigenvalue weighted by Gasteiger charge is -2.28. The molecule has 1 heterocycles. The van der Waals surface area contributed by atoms with Crippen LogP contribution in [0.15, 0.2) is 28.7 Å². The first-order valence-electron chi connectivity index (χ1n) is 6.42. The standard InChI is InChI=1S/C14H18BrNO3.ClH/c1-11(10-16-5-7-18-8-6-16)19-14(17)12-3-2-4-13(15)9-12;/h2-4,9,11H,5-8,10H2,1H3;1H/p-1. The van der Waals surface area contributed by atoms with Crippen molar-refractivity contribution in [2.75, 3.05) is 32.8 Å². The highest BCUT2D eigenvalue weighted by molar-refractivity contribution is 9.10.